The summed E-state index contributed by atoms with van der Waals surface area (Å²) in [6.07, 6.45) is 5.13. The Hall–Kier alpha value is -0.120. The minimum Gasteiger partial charge on any atom is -0.391 e. The van der Waals surface area contributed by atoms with Crippen LogP contribution in [0, 0.1) is 0 Å². The molecule has 0 aliphatic carbocycles. The molecular weight excluding hydrogens is 202 g/mol. The molecule has 0 bridgehead atoms. The predicted molar refractivity (Wildman–Crippen MR) is 66.6 cm³/mol. The first-order valence-corrected chi connectivity index (χ1v) is 6.57. The first-order valence-electron chi connectivity index (χ1n) is 6.57. The lowest BCUT2D eigenvalue weighted by molar-refractivity contribution is -0.0202. The fourth-order valence-corrected chi connectivity index (χ4v) is 2.63. The molecule has 96 valence electrons. The molecule has 3 nitrogen and oxygen atoms in total. The van der Waals surface area contributed by atoms with Gasteiger partial charge in [0.15, 0.2) is 0 Å². The standard InChI is InChI=1S/C13H27NO2/c1-4-13(2,14-9-5-6-10-14)12(15)8-7-11-16-3/h12,15H,4-11H2,1-3H3. The van der Waals surface area contributed by atoms with E-state index in [9.17, 15) is 5.11 Å². The van der Waals surface area contributed by atoms with Crippen molar-refractivity contribution in [3.05, 3.63) is 0 Å². The van der Waals surface area contributed by atoms with Gasteiger partial charge in [0.25, 0.3) is 0 Å². The summed E-state index contributed by atoms with van der Waals surface area (Å²) in [7, 11) is 1.71. The number of hydrogen-bond donors (Lipinski definition) is 1. The molecule has 1 aliphatic heterocycles. The average molecular weight is 229 g/mol. The van der Waals surface area contributed by atoms with Gasteiger partial charge >= 0.3 is 0 Å². The van der Waals surface area contributed by atoms with Crippen LogP contribution in [0.25, 0.3) is 0 Å². The third-order valence-corrected chi connectivity index (χ3v) is 4.09. The third kappa shape index (κ3) is 3.19. The maximum Gasteiger partial charge on any atom is 0.0721 e. The lowest BCUT2D eigenvalue weighted by Crippen LogP contribution is -2.53. The Morgan fingerprint density at radius 1 is 1.38 bits per heavy atom. The Bertz CT molecular complexity index is 192. The van der Waals surface area contributed by atoms with Crippen molar-refractivity contribution < 1.29 is 9.84 Å². The van der Waals surface area contributed by atoms with Crippen molar-refractivity contribution in [1.29, 1.82) is 0 Å². The van der Waals surface area contributed by atoms with Crippen LogP contribution in [0.5, 0.6) is 0 Å². The van der Waals surface area contributed by atoms with Gasteiger partial charge in [0, 0.05) is 19.3 Å². The number of hydrogen-bond acceptors (Lipinski definition) is 3. The van der Waals surface area contributed by atoms with E-state index < -0.39 is 0 Å². The SMILES string of the molecule is CCC(C)(C(O)CCCOC)N1CCCC1. The molecule has 2 atom stereocenters. The van der Waals surface area contributed by atoms with E-state index in [1.54, 1.807) is 7.11 Å². The van der Waals surface area contributed by atoms with Crippen molar-refractivity contribution in [2.75, 3.05) is 26.8 Å². The van der Waals surface area contributed by atoms with E-state index in [0.29, 0.717) is 0 Å². The summed E-state index contributed by atoms with van der Waals surface area (Å²) in [4.78, 5) is 2.46. The summed E-state index contributed by atoms with van der Waals surface area (Å²) in [5, 5.41) is 10.4. The van der Waals surface area contributed by atoms with Gasteiger partial charge in [-0.2, -0.15) is 0 Å². The Kier molecular flexibility index (Phi) is 5.73. The zero-order valence-electron chi connectivity index (χ0n) is 11.0. The molecule has 0 saturated carbocycles. The van der Waals surface area contributed by atoms with Crippen LogP contribution in [-0.2, 0) is 4.74 Å². The van der Waals surface area contributed by atoms with Gasteiger partial charge < -0.3 is 9.84 Å². The van der Waals surface area contributed by atoms with Crippen molar-refractivity contribution in [2.24, 2.45) is 0 Å². The third-order valence-electron chi connectivity index (χ3n) is 4.09. The average Bonchev–Trinajstić information content (AvgIpc) is 2.82. The number of aliphatic hydroxyl groups is 1. The number of methoxy groups -OCH3 is 1. The van der Waals surface area contributed by atoms with E-state index >= 15 is 0 Å². The topological polar surface area (TPSA) is 32.7 Å². The molecule has 1 saturated heterocycles. The zero-order chi connectivity index (χ0) is 12.0. The zero-order valence-corrected chi connectivity index (χ0v) is 11.0. The largest absolute Gasteiger partial charge is 0.391 e. The van der Waals surface area contributed by atoms with Gasteiger partial charge in [0.05, 0.1) is 6.10 Å². The van der Waals surface area contributed by atoms with Crippen LogP contribution in [0.1, 0.15) is 46.0 Å². The highest BCUT2D eigenvalue weighted by molar-refractivity contribution is 4.93. The molecular formula is C13H27NO2. The van der Waals surface area contributed by atoms with E-state index in [1.807, 2.05) is 0 Å². The quantitative estimate of drug-likeness (QED) is 0.678. The van der Waals surface area contributed by atoms with E-state index in [4.69, 9.17) is 4.74 Å². The van der Waals surface area contributed by atoms with Crippen LogP contribution in [0.4, 0.5) is 0 Å². The van der Waals surface area contributed by atoms with Crippen molar-refractivity contribution >= 4 is 0 Å². The van der Waals surface area contributed by atoms with Gasteiger partial charge in [-0.15, -0.1) is 0 Å². The highest BCUT2D eigenvalue weighted by Crippen LogP contribution is 2.29. The fraction of sp³-hybridized carbons (Fsp3) is 1.00. The van der Waals surface area contributed by atoms with Crippen molar-refractivity contribution in [3.63, 3.8) is 0 Å². The Balaban J connectivity index is 2.48. The summed E-state index contributed by atoms with van der Waals surface area (Å²) in [6, 6.07) is 0. The van der Waals surface area contributed by atoms with Crippen LogP contribution < -0.4 is 0 Å². The summed E-state index contributed by atoms with van der Waals surface area (Å²) in [5.41, 5.74) is -0.0375. The normalized spacial score (nSPS) is 23.2. The molecule has 0 radical (unpaired) electrons. The number of rotatable bonds is 7. The number of aliphatic hydroxyl groups excluding tert-OH is 1. The van der Waals surface area contributed by atoms with Crippen LogP contribution in [0.3, 0.4) is 0 Å². The van der Waals surface area contributed by atoms with Crippen molar-refractivity contribution in [1.82, 2.24) is 4.90 Å². The lowest BCUT2D eigenvalue weighted by Gasteiger charge is -2.42. The van der Waals surface area contributed by atoms with E-state index in [0.717, 1.165) is 39.0 Å². The first kappa shape index (κ1) is 13.9. The van der Waals surface area contributed by atoms with Crippen LogP contribution in [-0.4, -0.2) is 48.5 Å². The van der Waals surface area contributed by atoms with Crippen LogP contribution in [0.15, 0.2) is 0 Å². The molecule has 16 heavy (non-hydrogen) atoms. The van der Waals surface area contributed by atoms with Gasteiger partial charge in [-0.3, -0.25) is 4.90 Å². The van der Waals surface area contributed by atoms with Gasteiger partial charge in [-0.1, -0.05) is 6.92 Å². The second-order valence-electron chi connectivity index (χ2n) is 5.06. The molecule has 1 rings (SSSR count). The molecule has 1 N–H and O–H groups in total. The van der Waals surface area contributed by atoms with Crippen molar-refractivity contribution in [2.45, 2.75) is 57.6 Å². The van der Waals surface area contributed by atoms with Gasteiger partial charge in [-0.25, -0.2) is 0 Å². The Labute approximate surface area is 99.8 Å². The molecule has 0 amide bonds. The Morgan fingerprint density at radius 3 is 2.50 bits per heavy atom. The molecule has 1 heterocycles. The van der Waals surface area contributed by atoms with E-state index in [1.165, 1.54) is 12.8 Å². The molecule has 0 aromatic carbocycles. The number of ether oxygens (including phenoxy) is 1. The smallest absolute Gasteiger partial charge is 0.0721 e. The highest BCUT2D eigenvalue weighted by atomic mass is 16.5. The molecule has 3 heteroatoms. The Morgan fingerprint density at radius 2 is 2.00 bits per heavy atom. The van der Waals surface area contributed by atoms with Gasteiger partial charge in [0.1, 0.15) is 0 Å². The van der Waals surface area contributed by atoms with E-state index in [-0.39, 0.29) is 11.6 Å². The predicted octanol–water partition coefficient (Wildman–Crippen LogP) is 2.04. The van der Waals surface area contributed by atoms with Crippen molar-refractivity contribution in [3.8, 4) is 0 Å². The first-order chi connectivity index (χ1) is 7.65. The highest BCUT2D eigenvalue weighted by Gasteiger charge is 2.37. The minimum atomic E-state index is -0.231. The van der Waals surface area contributed by atoms with E-state index in [2.05, 4.69) is 18.7 Å². The summed E-state index contributed by atoms with van der Waals surface area (Å²) in [5.74, 6) is 0. The number of nitrogens with zero attached hydrogens (tertiary/aromatic N) is 1. The molecule has 1 aliphatic rings. The van der Waals surface area contributed by atoms with Gasteiger partial charge in [0.2, 0.25) is 0 Å². The van der Waals surface area contributed by atoms with Crippen LogP contribution in [0.2, 0.25) is 0 Å². The molecule has 0 spiro atoms. The van der Waals surface area contributed by atoms with Crippen LogP contribution >= 0.6 is 0 Å². The minimum absolute atomic E-state index is 0.0375. The summed E-state index contributed by atoms with van der Waals surface area (Å²) < 4.78 is 5.04. The summed E-state index contributed by atoms with van der Waals surface area (Å²) >= 11 is 0. The fourth-order valence-electron chi connectivity index (χ4n) is 2.63. The number of likely N-dealkylation sites (tertiary alicyclic amines) is 1. The summed E-state index contributed by atoms with van der Waals surface area (Å²) in [6.45, 7) is 7.42. The molecule has 1 fully saturated rings. The lowest BCUT2D eigenvalue weighted by atomic mass is 9.87. The maximum atomic E-state index is 10.4. The second kappa shape index (κ2) is 6.58. The molecule has 2 unspecified atom stereocenters. The molecule has 0 aromatic heterocycles. The second-order valence-corrected chi connectivity index (χ2v) is 5.06. The molecule has 0 aromatic rings. The van der Waals surface area contributed by atoms with Gasteiger partial charge in [-0.05, 0) is 52.1 Å². The monoisotopic (exact) mass is 229 g/mol. The maximum absolute atomic E-state index is 10.4.